The predicted octanol–water partition coefficient (Wildman–Crippen LogP) is 2.33. The van der Waals surface area contributed by atoms with Gasteiger partial charge in [0, 0.05) is 13.1 Å². The highest BCUT2D eigenvalue weighted by molar-refractivity contribution is 5.91. The van der Waals surface area contributed by atoms with Crippen LogP contribution in [0.4, 0.5) is 0 Å². The van der Waals surface area contributed by atoms with E-state index >= 15 is 0 Å². The van der Waals surface area contributed by atoms with E-state index in [2.05, 4.69) is 5.32 Å². The lowest BCUT2D eigenvalue weighted by Gasteiger charge is -2.40. The van der Waals surface area contributed by atoms with Crippen LogP contribution in [-0.4, -0.2) is 59.0 Å². The van der Waals surface area contributed by atoms with Crippen molar-refractivity contribution in [2.24, 2.45) is 23.5 Å². The molecule has 1 saturated carbocycles. The molecule has 36 heavy (non-hydrogen) atoms. The lowest BCUT2D eigenvalue weighted by Crippen LogP contribution is -2.53. The number of ether oxygens (including phenoxy) is 1. The van der Waals surface area contributed by atoms with Gasteiger partial charge in [-0.05, 0) is 49.7 Å². The number of carboxylic acid groups (broad SMARTS) is 2. The van der Waals surface area contributed by atoms with Crippen LogP contribution < -0.4 is 15.8 Å². The van der Waals surface area contributed by atoms with Crippen LogP contribution in [-0.2, 0) is 25.7 Å². The number of primary amides is 1. The van der Waals surface area contributed by atoms with Crippen LogP contribution in [0.5, 0.6) is 11.5 Å². The summed E-state index contributed by atoms with van der Waals surface area (Å²) in [4.78, 5) is 47.0. The maximum absolute atomic E-state index is 13.0. The Morgan fingerprint density at radius 1 is 0.972 bits per heavy atom. The van der Waals surface area contributed by atoms with E-state index in [9.17, 15) is 24.3 Å². The van der Waals surface area contributed by atoms with Gasteiger partial charge in [-0.1, -0.05) is 37.3 Å². The summed E-state index contributed by atoms with van der Waals surface area (Å²) in [6.07, 6.45) is 0.781. The zero-order chi connectivity index (χ0) is 26.7. The van der Waals surface area contributed by atoms with E-state index in [4.69, 9.17) is 15.6 Å². The van der Waals surface area contributed by atoms with Crippen LogP contribution in [0.1, 0.15) is 25.3 Å². The molecule has 0 radical (unpaired) electrons. The van der Waals surface area contributed by atoms with Gasteiger partial charge in [0.2, 0.25) is 11.8 Å². The highest BCUT2D eigenvalue weighted by Crippen LogP contribution is 2.42. The van der Waals surface area contributed by atoms with Gasteiger partial charge in [0.25, 0.3) is 0 Å². The van der Waals surface area contributed by atoms with Crippen LogP contribution in [0.3, 0.4) is 0 Å². The minimum absolute atomic E-state index is 0.0647. The lowest BCUT2D eigenvalue weighted by atomic mass is 9.64. The molecule has 2 aromatic carbocycles. The largest absolute Gasteiger partial charge is 0.481 e. The fraction of sp³-hybridized carbons (Fsp3) is 0.385. The molecule has 0 spiro atoms. The molecular formula is C26H33N3O7. The zero-order valence-electron chi connectivity index (χ0n) is 20.4. The van der Waals surface area contributed by atoms with Crippen molar-refractivity contribution in [1.82, 2.24) is 10.2 Å². The molecular weight excluding hydrogens is 466 g/mol. The minimum atomic E-state index is -1.23. The Morgan fingerprint density at radius 3 is 2.06 bits per heavy atom. The number of carboxylic acids is 2. The van der Waals surface area contributed by atoms with E-state index in [1.807, 2.05) is 61.5 Å². The van der Waals surface area contributed by atoms with Crippen molar-refractivity contribution in [1.29, 1.82) is 0 Å². The molecule has 3 atom stereocenters. The number of nitrogens with two attached hydrogens (primary N) is 1. The van der Waals surface area contributed by atoms with Gasteiger partial charge in [0.05, 0.1) is 24.3 Å². The van der Waals surface area contributed by atoms with E-state index in [-0.39, 0.29) is 24.8 Å². The number of para-hydroxylation sites is 1. The fourth-order valence-electron chi connectivity index (χ4n) is 3.96. The second-order valence-corrected chi connectivity index (χ2v) is 8.47. The Bertz CT molecular complexity index is 1030. The van der Waals surface area contributed by atoms with Gasteiger partial charge >= 0.3 is 11.9 Å². The highest BCUT2D eigenvalue weighted by atomic mass is 16.5. The van der Waals surface area contributed by atoms with Crippen molar-refractivity contribution < 1.29 is 34.1 Å². The van der Waals surface area contributed by atoms with Crippen molar-refractivity contribution in [3.63, 3.8) is 0 Å². The lowest BCUT2D eigenvalue weighted by molar-refractivity contribution is -0.172. The molecule has 10 heteroatoms. The third-order valence-corrected chi connectivity index (χ3v) is 5.73. The summed E-state index contributed by atoms with van der Waals surface area (Å²) in [5.41, 5.74) is 5.59. The number of hydrogen-bond acceptors (Lipinski definition) is 6. The first-order valence-electron chi connectivity index (χ1n) is 11.7. The van der Waals surface area contributed by atoms with Gasteiger partial charge < -0.3 is 30.9 Å². The number of aliphatic carboxylic acids is 2. The van der Waals surface area contributed by atoms with Gasteiger partial charge in [-0.15, -0.1) is 0 Å². The first kappa shape index (κ1) is 28.3. The molecule has 0 aromatic heterocycles. The molecule has 1 aliphatic carbocycles. The molecule has 0 heterocycles. The molecule has 0 aliphatic heterocycles. The normalized spacial score (nSPS) is 18.1. The molecule has 1 aliphatic rings. The molecule has 1 fully saturated rings. The number of amides is 2. The van der Waals surface area contributed by atoms with Crippen molar-refractivity contribution in [3.05, 3.63) is 60.2 Å². The van der Waals surface area contributed by atoms with Gasteiger partial charge in [-0.25, -0.2) is 0 Å². The Kier molecular flexibility index (Phi) is 10.9. The van der Waals surface area contributed by atoms with E-state index in [0.717, 1.165) is 11.3 Å². The number of nitrogens with zero attached hydrogens (tertiary/aromatic N) is 1. The first-order chi connectivity index (χ1) is 17.2. The van der Waals surface area contributed by atoms with Gasteiger partial charge in [-0.2, -0.15) is 0 Å². The number of hydrogen-bond donors (Lipinski definition) is 4. The van der Waals surface area contributed by atoms with Crippen LogP contribution in [0.15, 0.2) is 54.6 Å². The SMILES string of the molecule is CCCN(Cc1ccc(Oc2ccccc2)cc1)C(=O)C1CC(C(=O)O)C1C(=O)O.CNCC(N)=O. The molecule has 10 nitrogen and oxygen atoms in total. The van der Waals surface area contributed by atoms with Gasteiger partial charge in [0.1, 0.15) is 11.5 Å². The van der Waals surface area contributed by atoms with E-state index in [1.165, 1.54) is 0 Å². The second kappa shape index (κ2) is 13.8. The zero-order valence-corrected chi connectivity index (χ0v) is 20.4. The topological polar surface area (TPSA) is 159 Å². The molecule has 0 bridgehead atoms. The van der Waals surface area contributed by atoms with Crippen LogP contribution in [0.2, 0.25) is 0 Å². The van der Waals surface area contributed by atoms with Crippen LogP contribution in [0.25, 0.3) is 0 Å². The quantitative estimate of drug-likeness (QED) is 0.367. The number of rotatable bonds is 11. The minimum Gasteiger partial charge on any atom is -0.481 e. The summed E-state index contributed by atoms with van der Waals surface area (Å²) < 4.78 is 5.77. The summed E-state index contributed by atoms with van der Waals surface area (Å²) >= 11 is 0. The molecule has 2 aromatic rings. The number of likely N-dealkylation sites (N-methyl/N-ethyl adjacent to an activating group) is 1. The molecule has 5 N–H and O–H groups in total. The van der Waals surface area contributed by atoms with Crippen LogP contribution in [0, 0.1) is 17.8 Å². The first-order valence-corrected chi connectivity index (χ1v) is 11.7. The van der Waals surface area contributed by atoms with E-state index < -0.39 is 29.7 Å². The van der Waals surface area contributed by atoms with E-state index in [1.54, 1.807) is 11.9 Å². The average molecular weight is 500 g/mol. The third-order valence-electron chi connectivity index (χ3n) is 5.73. The molecule has 3 unspecified atom stereocenters. The average Bonchev–Trinajstić information content (AvgIpc) is 2.79. The van der Waals surface area contributed by atoms with Gasteiger partial charge in [-0.3, -0.25) is 19.2 Å². The van der Waals surface area contributed by atoms with Crippen molar-refractivity contribution in [2.75, 3.05) is 20.1 Å². The maximum atomic E-state index is 13.0. The molecule has 194 valence electrons. The van der Waals surface area contributed by atoms with E-state index in [0.29, 0.717) is 25.3 Å². The fourth-order valence-corrected chi connectivity index (χ4v) is 3.96. The summed E-state index contributed by atoms with van der Waals surface area (Å²) in [6, 6.07) is 16.8. The van der Waals surface area contributed by atoms with Crippen LogP contribution >= 0.6 is 0 Å². The Hall–Kier alpha value is -3.92. The van der Waals surface area contributed by atoms with Crippen molar-refractivity contribution >= 4 is 23.8 Å². The van der Waals surface area contributed by atoms with Crippen molar-refractivity contribution in [3.8, 4) is 11.5 Å². The summed E-state index contributed by atoms with van der Waals surface area (Å²) in [6.45, 7) is 3.01. The Labute approximate surface area is 210 Å². The smallest absolute Gasteiger partial charge is 0.308 e. The monoisotopic (exact) mass is 499 g/mol. The molecule has 0 saturated heterocycles. The Balaban J connectivity index is 0.000000678. The molecule has 2 amide bonds. The van der Waals surface area contributed by atoms with Crippen molar-refractivity contribution in [2.45, 2.75) is 26.3 Å². The number of carbonyl (C=O) groups excluding carboxylic acids is 2. The molecule has 3 rings (SSSR count). The number of carbonyl (C=O) groups is 4. The van der Waals surface area contributed by atoms with Gasteiger partial charge in [0.15, 0.2) is 0 Å². The third kappa shape index (κ3) is 8.09. The predicted molar refractivity (Wildman–Crippen MR) is 132 cm³/mol. The summed E-state index contributed by atoms with van der Waals surface area (Å²) in [5.74, 6) is -4.59. The summed E-state index contributed by atoms with van der Waals surface area (Å²) in [5, 5.41) is 21.1. The summed E-state index contributed by atoms with van der Waals surface area (Å²) in [7, 11) is 1.67. The standard InChI is InChI=1S/C23H25NO6.C3H8N2O/c1-2-12-24(21(25)18-13-19(22(26)27)20(18)23(28)29)14-15-8-10-17(11-9-15)30-16-6-4-3-5-7-16;1-5-2-3(4)6/h3-11,18-20H,2,12-14H2,1H3,(H,26,27)(H,28,29);5H,2H2,1H3,(H2,4,6). The maximum Gasteiger partial charge on any atom is 0.308 e. The second-order valence-electron chi connectivity index (χ2n) is 8.47. The number of benzene rings is 2. The highest BCUT2D eigenvalue weighted by Gasteiger charge is 2.54. The number of nitrogens with one attached hydrogen (secondary N) is 1. The Morgan fingerprint density at radius 2 is 1.58 bits per heavy atom.